The molecule has 5 heteroatoms. The van der Waals surface area contributed by atoms with Gasteiger partial charge in [0.2, 0.25) is 0 Å². The third kappa shape index (κ3) is 4.75. The van der Waals surface area contributed by atoms with Crippen molar-refractivity contribution < 1.29 is 9.13 Å². The number of nitrogens with one attached hydrogen (secondary N) is 1. The van der Waals surface area contributed by atoms with Gasteiger partial charge in [-0.15, -0.1) is 0 Å². The first kappa shape index (κ1) is 15.7. The average Bonchev–Trinajstić information content (AvgIpc) is 2.35. The summed E-state index contributed by atoms with van der Waals surface area (Å²) >= 11 is 8.95. The molecule has 0 saturated heterocycles. The summed E-state index contributed by atoms with van der Waals surface area (Å²) in [7, 11) is 0. The molecule has 0 saturated carbocycles. The highest BCUT2D eigenvalue weighted by Gasteiger charge is 2.08. The number of hydrogen-bond donors (Lipinski definition) is 1. The molecule has 0 aliphatic rings. The molecule has 1 aromatic carbocycles. The lowest BCUT2D eigenvalue weighted by molar-refractivity contribution is 0.299. The van der Waals surface area contributed by atoms with E-state index in [0.29, 0.717) is 22.9 Å². The molecular formula is C13H18BrClFNO. The second-order valence-electron chi connectivity index (χ2n) is 4.01. The van der Waals surface area contributed by atoms with Crippen LogP contribution in [-0.4, -0.2) is 19.2 Å². The molecule has 1 aromatic rings. The van der Waals surface area contributed by atoms with Crippen LogP contribution in [0.25, 0.3) is 0 Å². The van der Waals surface area contributed by atoms with Crippen LogP contribution in [-0.2, 0) is 0 Å². The van der Waals surface area contributed by atoms with Crippen LogP contribution in [0, 0.1) is 5.82 Å². The predicted molar refractivity (Wildman–Crippen MR) is 77.0 cm³/mol. The monoisotopic (exact) mass is 337 g/mol. The predicted octanol–water partition coefficient (Wildman–Crippen LogP) is 4.40. The van der Waals surface area contributed by atoms with Gasteiger partial charge in [-0.2, -0.15) is 0 Å². The summed E-state index contributed by atoms with van der Waals surface area (Å²) in [5.74, 6) is 0.00562. The van der Waals surface area contributed by atoms with Crippen molar-refractivity contribution >= 4 is 27.5 Å². The maximum absolute atomic E-state index is 13.3. The normalized spacial score (nSPS) is 11.0. The summed E-state index contributed by atoms with van der Waals surface area (Å²) in [6, 6.07) is 3.31. The zero-order chi connectivity index (χ0) is 13.5. The van der Waals surface area contributed by atoms with Crippen molar-refractivity contribution in [2.24, 2.45) is 0 Å². The van der Waals surface area contributed by atoms with Crippen molar-refractivity contribution in [3.63, 3.8) is 0 Å². The molecule has 1 rings (SSSR count). The van der Waals surface area contributed by atoms with E-state index in [-0.39, 0.29) is 5.02 Å². The molecule has 0 aliphatic heterocycles. The van der Waals surface area contributed by atoms with Crippen LogP contribution >= 0.6 is 27.5 Å². The van der Waals surface area contributed by atoms with Crippen LogP contribution in [0.2, 0.25) is 5.02 Å². The fourth-order valence-corrected chi connectivity index (χ4v) is 2.37. The van der Waals surface area contributed by atoms with E-state index in [1.54, 1.807) is 0 Å². The number of benzene rings is 1. The Bertz CT molecular complexity index is 385. The highest BCUT2D eigenvalue weighted by atomic mass is 79.9. The Labute approximate surface area is 121 Å². The van der Waals surface area contributed by atoms with E-state index in [9.17, 15) is 4.39 Å². The van der Waals surface area contributed by atoms with Crippen LogP contribution in [0.3, 0.4) is 0 Å². The van der Waals surface area contributed by atoms with E-state index in [4.69, 9.17) is 16.3 Å². The summed E-state index contributed by atoms with van der Waals surface area (Å²) in [6.45, 7) is 5.53. The van der Waals surface area contributed by atoms with Crippen LogP contribution in [0.15, 0.2) is 16.6 Å². The molecule has 18 heavy (non-hydrogen) atoms. The minimum absolute atomic E-state index is 0.0874. The van der Waals surface area contributed by atoms with Crippen molar-refractivity contribution in [3.05, 3.63) is 27.4 Å². The quantitative estimate of drug-likeness (QED) is 0.588. The van der Waals surface area contributed by atoms with Gasteiger partial charge in [0, 0.05) is 18.7 Å². The van der Waals surface area contributed by atoms with Gasteiger partial charge in [0.05, 0.1) is 9.50 Å². The molecule has 0 aromatic heterocycles. The first-order chi connectivity index (χ1) is 8.58. The van der Waals surface area contributed by atoms with Crippen molar-refractivity contribution in [3.8, 4) is 5.75 Å². The minimum Gasteiger partial charge on any atom is -0.491 e. The van der Waals surface area contributed by atoms with Gasteiger partial charge in [-0.25, -0.2) is 4.39 Å². The molecule has 0 radical (unpaired) electrons. The van der Waals surface area contributed by atoms with Gasteiger partial charge < -0.3 is 10.1 Å². The Hall–Kier alpha value is -0.320. The molecule has 0 atom stereocenters. The molecule has 0 heterocycles. The third-order valence-electron chi connectivity index (χ3n) is 2.75. The fourth-order valence-electron chi connectivity index (χ4n) is 1.62. The summed E-state index contributed by atoms with van der Waals surface area (Å²) in [5.41, 5.74) is 0. The number of hydrogen-bond acceptors (Lipinski definition) is 2. The van der Waals surface area contributed by atoms with E-state index < -0.39 is 5.82 Å². The largest absolute Gasteiger partial charge is 0.491 e. The summed E-state index contributed by atoms with van der Waals surface area (Å²) in [5, 5.41) is 3.46. The maximum atomic E-state index is 13.3. The van der Waals surface area contributed by atoms with E-state index in [1.807, 2.05) is 0 Å². The lowest BCUT2D eigenvalue weighted by Crippen LogP contribution is -2.31. The molecule has 0 unspecified atom stereocenters. The Balaban J connectivity index is 2.42. The van der Waals surface area contributed by atoms with Gasteiger partial charge >= 0.3 is 0 Å². The topological polar surface area (TPSA) is 21.3 Å². The molecule has 0 spiro atoms. The first-order valence-electron chi connectivity index (χ1n) is 6.09. The van der Waals surface area contributed by atoms with Crippen LogP contribution < -0.4 is 10.1 Å². The van der Waals surface area contributed by atoms with Crippen molar-refractivity contribution in [2.45, 2.75) is 32.7 Å². The second-order valence-corrected chi connectivity index (χ2v) is 5.27. The fraction of sp³-hybridized carbons (Fsp3) is 0.538. The Morgan fingerprint density at radius 2 is 2.06 bits per heavy atom. The lowest BCUT2D eigenvalue weighted by atomic mass is 10.2. The standard InChI is InChI=1S/C13H18BrClFNO/c1-3-9(4-2)17-5-6-18-13-8-12(16)11(15)7-10(13)14/h7-9,17H,3-6H2,1-2H3. The van der Waals surface area contributed by atoms with Crippen LogP contribution in [0.1, 0.15) is 26.7 Å². The van der Waals surface area contributed by atoms with Crippen molar-refractivity contribution in [1.82, 2.24) is 5.32 Å². The first-order valence-corrected chi connectivity index (χ1v) is 7.26. The lowest BCUT2D eigenvalue weighted by Gasteiger charge is -2.15. The van der Waals surface area contributed by atoms with Gasteiger partial charge in [0.15, 0.2) is 0 Å². The molecule has 0 bridgehead atoms. The SMILES string of the molecule is CCC(CC)NCCOc1cc(F)c(Cl)cc1Br. The Morgan fingerprint density at radius 1 is 1.39 bits per heavy atom. The van der Waals surface area contributed by atoms with E-state index in [0.717, 1.165) is 19.4 Å². The van der Waals surface area contributed by atoms with Crippen molar-refractivity contribution in [2.75, 3.05) is 13.2 Å². The molecule has 102 valence electrons. The molecule has 1 N–H and O–H groups in total. The molecule has 0 amide bonds. The van der Waals surface area contributed by atoms with E-state index >= 15 is 0 Å². The Morgan fingerprint density at radius 3 is 2.67 bits per heavy atom. The van der Waals surface area contributed by atoms with E-state index in [1.165, 1.54) is 12.1 Å². The van der Waals surface area contributed by atoms with Crippen molar-refractivity contribution in [1.29, 1.82) is 0 Å². The summed E-state index contributed by atoms with van der Waals surface area (Å²) < 4.78 is 19.4. The van der Waals surface area contributed by atoms with Crippen LogP contribution in [0.5, 0.6) is 5.75 Å². The van der Waals surface area contributed by atoms with Gasteiger partial charge in [0.25, 0.3) is 0 Å². The molecule has 2 nitrogen and oxygen atoms in total. The smallest absolute Gasteiger partial charge is 0.145 e. The molecular weight excluding hydrogens is 321 g/mol. The van der Waals surface area contributed by atoms with Gasteiger partial charge in [-0.3, -0.25) is 0 Å². The number of rotatable bonds is 7. The molecule has 0 aliphatic carbocycles. The van der Waals surface area contributed by atoms with Crippen LogP contribution in [0.4, 0.5) is 4.39 Å². The van der Waals surface area contributed by atoms with E-state index in [2.05, 4.69) is 35.1 Å². The number of halogens is 3. The van der Waals surface area contributed by atoms with Gasteiger partial charge in [0.1, 0.15) is 18.2 Å². The average molecular weight is 339 g/mol. The summed E-state index contributed by atoms with van der Waals surface area (Å²) in [4.78, 5) is 0. The molecule has 0 fully saturated rings. The maximum Gasteiger partial charge on any atom is 0.145 e. The Kier molecular flexibility index (Phi) is 6.97. The third-order valence-corrected chi connectivity index (χ3v) is 3.66. The summed E-state index contributed by atoms with van der Waals surface area (Å²) in [6.07, 6.45) is 2.19. The number of ether oxygens (including phenoxy) is 1. The highest BCUT2D eigenvalue weighted by Crippen LogP contribution is 2.30. The van der Waals surface area contributed by atoms with Gasteiger partial charge in [-0.05, 0) is 34.8 Å². The zero-order valence-corrected chi connectivity index (χ0v) is 12.9. The van der Waals surface area contributed by atoms with Gasteiger partial charge in [-0.1, -0.05) is 25.4 Å². The minimum atomic E-state index is -0.470. The second kappa shape index (κ2) is 7.97. The zero-order valence-electron chi connectivity index (χ0n) is 10.6. The highest BCUT2D eigenvalue weighted by molar-refractivity contribution is 9.10.